The third kappa shape index (κ3) is 1.47. The van der Waals surface area contributed by atoms with Gasteiger partial charge in [0.25, 0.3) is 0 Å². The van der Waals surface area contributed by atoms with E-state index in [1.54, 1.807) is 12.5 Å². The van der Waals surface area contributed by atoms with Crippen LogP contribution in [-0.2, 0) is 0 Å². The molecule has 0 radical (unpaired) electrons. The van der Waals surface area contributed by atoms with Crippen molar-refractivity contribution < 1.29 is 4.42 Å². The lowest BCUT2D eigenvalue weighted by molar-refractivity contribution is 0.568. The number of fused-ring (bicyclic) bond motifs is 1. The number of hydrogen-bond donors (Lipinski definition) is 1. The lowest BCUT2D eigenvalue weighted by Gasteiger charge is -1.87. The molecule has 0 bridgehead atoms. The van der Waals surface area contributed by atoms with Gasteiger partial charge in [0.1, 0.15) is 12.1 Å². The van der Waals surface area contributed by atoms with Crippen molar-refractivity contribution in [2.75, 3.05) is 0 Å². The summed E-state index contributed by atoms with van der Waals surface area (Å²) in [5.41, 5.74) is 2.93. The Morgan fingerprint density at radius 2 is 2.20 bits per heavy atom. The molecule has 0 aliphatic rings. The van der Waals surface area contributed by atoms with E-state index in [2.05, 4.69) is 25.9 Å². The summed E-state index contributed by atoms with van der Waals surface area (Å²) in [7, 11) is 0. The Balaban J connectivity index is 2.22. The van der Waals surface area contributed by atoms with Crippen molar-refractivity contribution in [2.24, 2.45) is 0 Å². The Hall–Kier alpha value is -1.55. The second kappa shape index (κ2) is 3.24. The predicted octanol–water partition coefficient (Wildman–Crippen LogP) is 3.59. The average Bonchev–Trinajstić information content (AvgIpc) is 2.84. The summed E-state index contributed by atoms with van der Waals surface area (Å²) in [6.07, 6.45) is 3.31. The Labute approximate surface area is 94.3 Å². The first-order valence-corrected chi connectivity index (χ1v) is 5.30. The van der Waals surface area contributed by atoms with Crippen molar-refractivity contribution in [3.8, 4) is 11.4 Å². The van der Waals surface area contributed by atoms with Gasteiger partial charge in [-0.15, -0.1) is 0 Å². The molecule has 0 atom stereocenters. The summed E-state index contributed by atoms with van der Waals surface area (Å²) in [6, 6.07) is 7.83. The van der Waals surface area contributed by atoms with E-state index in [1.807, 2.05) is 24.3 Å². The first-order valence-electron chi connectivity index (χ1n) is 4.51. The highest BCUT2D eigenvalue weighted by Crippen LogP contribution is 2.22. The third-order valence-electron chi connectivity index (χ3n) is 2.24. The minimum Gasteiger partial charge on any atom is -0.472 e. The Bertz CT molecular complexity index is 598. The van der Waals surface area contributed by atoms with E-state index in [0.717, 1.165) is 26.9 Å². The lowest BCUT2D eigenvalue weighted by Crippen LogP contribution is -1.73. The SMILES string of the molecule is Brc1ccc2nc(-c3ccoc3)[nH]c2c1. The van der Waals surface area contributed by atoms with Crippen molar-refractivity contribution >= 4 is 27.0 Å². The number of benzene rings is 1. The van der Waals surface area contributed by atoms with Crippen LogP contribution in [0.3, 0.4) is 0 Å². The van der Waals surface area contributed by atoms with E-state index >= 15 is 0 Å². The van der Waals surface area contributed by atoms with Gasteiger partial charge in [0.05, 0.1) is 22.9 Å². The minimum absolute atomic E-state index is 0.830. The van der Waals surface area contributed by atoms with Crippen LogP contribution >= 0.6 is 15.9 Å². The number of imidazole rings is 1. The average molecular weight is 263 g/mol. The van der Waals surface area contributed by atoms with E-state index in [0.29, 0.717) is 0 Å². The maximum Gasteiger partial charge on any atom is 0.141 e. The standard InChI is InChI=1S/C11H7BrN2O/c12-8-1-2-9-10(5-8)14-11(13-9)7-3-4-15-6-7/h1-6H,(H,13,14). The van der Waals surface area contributed by atoms with Gasteiger partial charge in [-0.2, -0.15) is 0 Å². The molecule has 0 aliphatic heterocycles. The fourth-order valence-corrected chi connectivity index (χ4v) is 1.88. The fraction of sp³-hybridized carbons (Fsp3) is 0. The molecule has 0 aliphatic carbocycles. The van der Waals surface area contributed by atoms with Gasteiger partial charge in [0, 0.05) is 4.47 Å². The largest absolute Gasteiger partial charge is 0.472 e. The number of H-pyrrole nitrogens is 1. The summed E-state index contributed by atoms with van der Waals surface area (Å²) >= 11 is 3.42. The highest BCUT2D eigenvalue weighted by atomic mass is 79.9. The molecule has 0 amide bonds. The monoisotopic (exact) mass is 262 g/mol. The van der Waals surface area contributed by atoms with Crippen LogP contribution in [-0.4, -0.2) is 9.97 Å². The number of nitrogens with one attached hydrogen (secondary N) is 1. The quantitative estimate of drug-likeness (QED) is 0.729. The Morgan fingerprint density at radius 3 is 3.00 bits per heavy atom. The predicted molar refractivity (Wildman–Crippen MR) is 61.5 cm³/mol. The molecule has 3 nitrogen and oxygen atoms in total. The number of hydrogen-bond acceptors (Lipinski definition) is 2. The van der Waals surface area contributed by atoms with Gasteiger partial charge in [-0.1, -0.05) is 15.9 Å². The number of halogens is 1. The summed E-state index contributed by atoms with van der Waals surface area (Å²) < 4.78 is 6.06. The van der Waals surface area contributed by atoms with Crippen LogP contribution in [0.25, 0.3) is 22.4 Å². The summed E-state index contributed by atoms with van der Waals surface area (Å²) in [5, 5.41) is 0. The van der Waals surface area contributed by atoms with Gasteiger partial charge >= 0.3 is 0 Å². The molecular weight excluding hydrogens is 256 g/mol. The fourth-order valence-electron chi connectivity index (χ4n) is 1.52. The highest BCUT2D eigenvalue weighted by molar-refractivity contribution is 9.10. The maximum absolute atomic E-state index is 5.02. The zero-order valence-electron chi connectivity index (χ0n) is 7.70. The smallest absolute Gasteiger partial charge is 0.141 e. The number of aromatic nitrogens is 2. The molecule has 3 rings (SSSR count). The molecule has 4 heteroatoms. The molecule has 0 saturated heterocycles. The maximum atomic E-state index is 5.02. The molecule has 3 aromatic rings. The molecule has 1 aromatic carbocycles. The summed E-state index contributed by atoms with van der Waals surface area (Å²) in [6.45, 7) is 0. The topological polar surface area (TPSA) is 41.8 Å². The lowest BCUT2D eigenvalue weighted by atomic mass is 10.3. The van der Waals surface area contributed by atoms with E-state index in [-0.39, 0.29) is 0 Å². The molecule has 0 saturated carbocycles. The van der Waals surface area contributed by atoms with Crippen molar-refractivity contribution in [2.45, 2.75) is 0 Å². The number of aromatic amines is 1. The van der Waals surface area contributed by atoms with Crippen LogP contribution < -0.4 is 0 Å². The van der Waals surface area contributed by atoms with Crippen LogP contribution in [0.15, 0.2) is 45.7 Å². The normalized spacial score (nSPS) is 11.0. The van der Waals surface area contributed by atoms with Gasteiger partial charge in [0.15, 0.2) is 0 Å². The zero-order valence-corrected chi connectivity index (χ0v) is 9.28. The van der Waals surface area contributed by atoms with Crippen LogP contribution in [0, 0.1) is 0 Å². The van der Waals surface area contributed by atoms with E-state index in [9.17, 15) is 0 Å². The van der Waals surface area contributed by atoms with Crippen LogP contribution in [0.5, 0.6) is 0 Å². The van der Waals surface area contributed by atoms with Gasteiger partial charge < -0.3 is 9.40 Å². The third-order valence-corrected chi connectivity index (χ3v) is 2.73. The summed E-state index contributed by atoms with van der Waals surface area (Å²) in [5.74, 6) is 0.830. The first-order chi connectivity index (χ1) is 7.33. The van der Waals surface area contributed by atoms with Gasteiger partial charge in [-0.05, 0) is 24.3 Å². The molecule has 2 heterocycles. The highest BCUT2D eigenvalue weighted by Gasteiger charge is 2.05. The van der Waals surface area contributed by atoms with Crippen LogP contribution in [0.4, 0.5) is 0 Å². The molecule has 0 fully saturated rings. The van der Waals surface area contributed by atoms with E-state index < -0.39 is 0 Å². The van der Waals surface area contributed by atoms with E-state index in [1.165, 1.54) is 0 Å². The van der Waals surface area contributed by atoms with Crippen LogP contribution in [0.1, 0.15) is 0 Å². The van der Waals surface area contributed by atoms with Gasteiger partial charge in [-0.25, -0.2) is 4.98 Å². The van der Waals surface area contributed by atoms with Crippen molar-refractivity contribution in [1.82, 2.24) is 9.97 Å². The zero-order chi connectivity index (χ0) is 10.3. The molecule has 2 aromatic heterocycles. The van der Waals surface area contributed by atoms with Crippen LogP contribution in [0.2, 0.25) is 0 Å². The molecule has 74 valence electrons. The molecule has 0 unspecified atom stereocenters. The second-order valence-electron chi connectivity index (χ2n) is 3.26. The Kier molecular flexibility index (Phi) is 1.89. The van der Waals surface area contributed by atoms with E-state index in [4.69, 9.17) is 4.42 Å². The minimum atomic E-state index is 0.830. The number of nitrogens with zero attached hydrogens (tertiary/aromatic N) is 1. The molecule has 0 spiro atoms. The molecule has 15 heavy (non-hydrogen) atoms. The van der Waals surface area contributed by atoms with Crippen molar-refractivity contribution in [3.63, 3.8) is 0 Å². The molecular formula is C11H7BrN2O. The van der Waals surface area contributed by atoms with Crippen molar-refractivity contribution in [3.05, 3.63) is 41.3 Å². The van der Waals surface area contributed by atoms with Gasteiger partial charge in [0.2, 0.25) is 0 Å². The first kappa shape index (κ1) is 8.73. The number of furan rings is 1. The number of rotatable bonds is 1. The molecule has 1 N–H and O–H groups in total. The van der Waals surface area contributed by atoms with Crippen molar-refractivity contribution in [1.29, 1.82) is 0 Å². The van der Waals surface area contributed by atoms with Gasteiger partial charge in [-0.3, -0.25) is 0 Å². The second-order valence-corrected chi connectivity index (χ2v) is 4.17. The Morgan fingerprint density at radius 1 is 1.27 bits per heavy atom. The summed E-state index contributed by atoms with van der Waals surface area (Å²) in [4.78, 5) is 7.70.